The first-order valence-electron chi connectivity index (χ1n) is 4.64. The van der Waals surface area contributed by atoms with Gasteiger partial charge in [-0.2, -0.15) is 0 Å². The number of nitrogens with zero attached hydrogens (tertiary/aromatic N) is 2. The van der Waals surface area contributed by atoms with Crippen LogP contribution in [-0.2, 0) is 4.74 Å². The Morgan fingerprint density at radius 2 is 2.12 bits per heavy atom. The number of hydrogen-bond donors (Lipinski definition) is 0. The quantitative estimate of drug-likeness (QED) is 0.564. The summed E-state index contributed by atoms with van der Waals surface area (Å²) in [6, 6.07) is 5.58. The van der Waals surface area contributed by atoms with E-state index < -0.39 is 5.97 Å². The van der Waals surface area contributed by atoms with E-state index in [1.165, 1.54) is 7.11 Å². The van der Waals surface area contributed by atoms with Crippen LogP contribution in [0.2, 0.25) is 5.15 Å². The Balaban J connectivity index is 2.69. The van der Waals surface area contributed by atoms with Crippen molar-refractivity contribution in [3.05, 3.63) is 34.7 Å². The Kier molecular flexibility index (Phi) is 2.75. The first-order valence-corrected chi connectivity index (χ1v) is 5.02. The number of methoxy groups -OCH3 is 1. The van der Waals surface area contributed by atoms with Gasteiger partial charge in [-0.3, -0.25) is 0 Å². The number of carbonyl (C=O) groups excluding carboxylic acids is 1. The summed E-state index contributed by atoms with van der Waals surface area (Å²) in [4.78, 5) is 19.3. The van der Waals surface area contributed by atoms with E-state index in [-0.39, 0.29) is 11.0 Å². The summed E-state index contributed by atoms with van der Waals surface area (Å²) >= 11 is 5.96. The fraction of sp³-hybridized carbons (Fsp3) is 0.182. The number of ether oxygens (including phenoxy) is 1. The van der Waals surface area contributed by atoms with Crippen LogP contribution in [-0.4, -0.2) is 23.0 Å². The number of fused-ring (bicyclic) bond motifs is 1. The van der Waals surface area contributed by atoms with E-state index in [1.54, 1.807) is 0 Å². The molecule has 0 fully saturated rings. The summed E-state index contributed by atoms with van der Waals surface area (Å²) in [5, 5.41) is 0.977. The van der Waals surface area contributed by atoms with E-state index in [0.29, 0.717) is 5.52 Å². The maximum absolute atomic E-state index is 11.3. The van der Waals surface area contributed by atoms with Gasteiger partial charge in [0.25, 0.3) is 0 Å². The normalized spacial score (nSPS) is 10.4. The minimum atomic E-state index is -0.592. The van der Waals surface area contributed by atoms with E-state index in [4.69, 9.17) is 11.6 Å². The van der Waals surface area contributed by atoms with Crippen molar-refractivity contribution in [1.82, 2.24) is 9.97 Å². The maximum Gasteiger partial charge on any atom is 0.376 e. The lowest BCUT2D eigenvalue weighted by Gasteiger charge is -2.03. The molecule has 4 nitrogen and oxygen atoms in total. The molecular formula is C11H9ClN2O2. The highest BCUT2D eigenvalue weighted by molar-refractivity contribution is 6.34. The Hall–Kier alpha value is -1.68. The fourth-order valence-corrected chi connectivity index (χ4v) is 1.62. The second kappa shape index (κ2) is 4.06. The molecule has 0 bridgehead atoms. The smallest absolute Gasteiger partial charge is 0.376 e. The summed E-state index contributed by atoms with van der Waals surface area (Å²) in [6.07, 6.45) is 0. The fourth-order valence-electron chi connectivity index (χ4n) is 1.38. The number of carbonyl (C=O) groups is 1. The summed E-state index contributed by atoms with van der Waals surface area (Å²) in [5.41, 5.74) is 1.68. The number of aryl methyl sites for hydroxylation is 1. The summed E-state index contributed by atoms with van der Waals surface area (Å²) in [7, 11) is 1.28. The molecule has 5 heteroatoms. The molecule has 1 aromatic carbocycles. The Morgan fingerprint density at radius 1 is 1.38 bits per heavy atom. The molecule has 0 saturated carbocycles. The van der Waals surface area contributed by atoms with Crippen molar-refractivity contribution in [1.29, 1.82) is 0 Å². The van der Waals surface area contributed by atoms with E-state index in [1.807, 2.05) is 25.1 Å². The van der Waals surface area contributed by atoms with Crippen molar-refractivity contribution >= 4 is 28.5 Å². The van der Waals surface area contributed by atoms with Crippen LogP contribution >= 0.6 is 11.6 Å². The number of benzene rings is 1. The van der Waals surface area contributed by atoms with E-state index in [2.05, 4.69) is 14.7 Å². The molecule has 0 atom stereocenters. The zero-order valence-electron chi connectivity index (χ0n) is 8.82. The molecule has 0 amide bonds. The molecule has 0 spiro atoms. The van der Waals surface area contributed by atoms with Gasteiger partial charge in [0.2, 0.25) is 5.82 Å². The van der Waals surface area contributed by atoms with Crippen molar-refractivity contribution in [3.63, 3.8) is 0 Å². The van der Waals surface area contributed by atoms with Gasteiger partial charge < -0.3 is 4.74 Å². The van der Waals surface area contributed by atoms with Gasteiger partial charge in [0.15, 0.2) is 0 Å². The van der Waals surface area contributed by atoms with Crippen LogP contribution in [0, 0.1) is 6.92 Å². The van der Waals surface area contributed by atoms with E-state index in [0.717, 1.165) is 10.9 Å². The summed E-state index contributed by atoms with van der Waals surface area (Å²) in [6.45, 7) is 1.94. The Morgan fingerprint density at radius 3 is 2.81 bits per heavy atom. The van der Waals surface area contributed by atoms with Crippen molar-refractivity contribution in [2.45, 2.75) is 6.92 Å². The molecule has 82 valence electrons. The van der Waals surface area contributed by atoms with Crippen LogP contribution < -0.4 is 0 Å². The van der Waals surface area contributed by atoms with Gasteiger partial charge in [0, 0.05) is 5.39 Å². The first-order chi connectivity index (χ1) is 7.61. The third-order valence-electron chi connectivity index (χ3n) is 2.17. The average Bonchev–Trinajstić information content (AvgIpc) is 2.27. The van der Waals surface area contributed by atoms with Gasteiger partial charge in [-0.1, -0.05) is 17.7 Å². The van der Waals surface area contributed by atoms with Gasteiger partial charge in [0.1, 0.15) is 5.15 Å². The zero-order chi connectivity index (χ0) is 11.7. The van der Waals surface area contributed by atoms with E-state index in [9.17, 15) is 4.79 Å². The number of hydrogen-bond acceptors (Lipinski definition) is 4. The summed E-state index contributed by atoms with van der Waals surface area (Å²) in [5.74, 6) is -0.615. The maximum atomic E-state index is 11.3. The Bertz CT molecular complexity index is 569. The molecule has 0 saturated heterocycles. The molecule has 0 N–H and O–H groups in total. The SMILES string of the molecule is COC(=O)c1nc(Cl)c2ccc(C)cc2n1. The number of halogens is 1. The third kappa shape index (κ3) is 1.84. The van der Waals surface area contributed by atoms with Gasteiger partial charge in [-0.25, -0.2) is 14.8 Å². The minimum absolute atomic E-state index is 0.0226. The second-order valence-corrected chi connectivity index (χ2v) is 3.71. The highest BCUT2D eigenvalue weighted by atomic mass is 35.5. The lowest BCUT2D eigenvalue weighted by molar-refractivity contribution is 0.0587. The first kappa shape index (κ1) is 10.8. The number of aromatic nitrogens is 2. The topological polar surface area (TPSA) is 52.1 Å². The van der Waals surface area contributed by atoms with E-state index >= 15 is 0 Å². The Labute approximate surface area is 97.2 Å². The molecule has 0 radical (unpaired) electrons. The van der Waals surface area contributed by atoms with Gasteiger partial charge in [-0.15, -0.1) is 0 Å². The highest BCUT2D eigenvalue weighted by Crippen LogP contribution is 2.21. The predicted molar refractivity (Wildman–Crippen MR) is 60.6 cm³/mol. The van der Waals surface area contributed by atoms with Crippen LogP contribution in [0.5, 0.6) is 0 Å². The summed E-state index contributed by atoms with van der Waals surface area (Å²) < 4.78 is 4.55. The van der Waals surface area contributed by atoms with Crippen LogP contribution in [0.1, 0.15) is 16.2 Å². The molecule has 0 aliphatic heterocycles. The molecule has 1 heterocycles. The molecular weight excluding hydrogens is 228 g/mol. The predicted octanol–water partition coefficient (Wildman–Crippen LogP) is 2.38. The molecule has 2 rings (SSSR count). The lowest BCUT2D eigenvalue weighted by atomic mass is 10.2. The third-order valence-corrected chi connectivity index (χ3v) is 2.46. The highest BCUT2D eigenvalue weighted by Gasteiger charge is 2.13. The van der Waals surface area contributed by atoms with Crippen LogP contribution in [0.25, 0.3) is 10.9 Å². The second-order valence-electron chi connectivity index (χ2n) is 3.35. The van der Waals surface area contributed by atoms with Gasteiger partial charge in [0.05, 0.1) is 12.6 Å². The molecule has 2 aromatic rings. The van der Waals surface area contributed by atoms with Crippen molar-refractivity contribution in [3.8, 4) is 0 Å². The zero-order valence-corrected chi connectivity index (χ0v) is 9.58. The van der Waals surface area contributed by atoms with Gasteiger partial charge >= 0.3 is 5.97 Å². The molecule has 0 unspecified atom stereocenters. The molecule has 0 aliphatic carbocycles. The lowest BCUT2D eigenvalue weighted by Crippen LogP contribution is -2.07. The average molecular weight is 237 g/mol. The largest absolute Gasteiger partial charge is 0.463 e. The number of esters is 1. The monoisotopic (exact) mass is 236 g/mol. The van der Waals surface area contributed by atoms with Crippen LogP contribution in [0.15, 0.2) is 18.2 Å². The standard InChI is InChI=1S/C11H9ClN2O2/c1-6-3-4-7-8(5-6)13-10(11(15)16-2)14-9(7)12/h3-5H,1-2H3. The van der Waals surface area contributed by atoms with Crippen molar-refractivity contribution in [2.24, 2.45) is 0 Å². The molecule has 16 heavy (non-hydrogen) atoms. The van der Waals surface area contributed by atoms with Gasteiger partial charge in [-0.05, 0) is 24.6 Å². The van der Waals surface area contributed by atoms with Crippen LogP contribution in [0.3, 0.4) is 0 Å². The van der Waals surface area contributed by atoms with Crippen molar-refractivity contribution in [2.75, 3.05) is 7.11 Å². The molecule has 0 aliphatic rings. The van der Waals surface area contributed by atoms with Crippen LogP contribution in [0.4, 0.5) is 0 Å². The molecule has 1 aromatic heterocycles. The number of rotatable bonds is 1. The van der Waals surface area contributed by atoms with Crippen molar-refractivity contribution < 1.29 is 9.53 Å². The minimum Gasteiger partial charge on any atom is -0.463 e.